The summed E-state index contributed by atoms with van der Waals surface area (Å²) in [5.74, 6) is 1.28. The van der Waals surface area contributed by atoms with Gasteiger partial charge in [0.1, 0.15) is 11.5 Å². The molecular weight excluding hydrogens is 210 g/mol. The van der Waals surface area contributed by atoms with E-state index in [2.05, 4.69) is 44.2 Å². The van der Waals surface area contributed by atoms with E-state index >= 15 is 0 Å². The van der Waals surface area contributed by atoms with Gasteiger partial charge >= 0.3 is 0 Å². The minimum atomic E-state index is 0.467. The standard InChI is InChI=1S/C14H21N3/c1-5-11(6-2)13-14(15)17-10(4)7-9(3)8-12(17)16-13/h7-8,11H,5-6,15H2,1-4H3. The maximum absolute atomic E-state index is 6.24. The smallest absolute Gasteiger partial charge is 0.139 e. The Kier molecular flexibility index (Phi) is 3.09. The molecule has 0 spiro atoms. The van der Waals surface area contributed by atoms with E-state index in [9.17, 15) is 0 Å². The van der Waals surface area contributed by atoms with Crippen molar-refractivity contribution in [3.05, 3.63) is 29.1 Å². The molecule has 2 heterocycles. The molecule has 92 valence electrons. The minimum Gasteiger partial charge on any atom is -0.383 e. The molecular formula is C14H21N3. The molecule has 0 saturated carbocycles. The quantitative estimate of drug-likeness (QED) is 0.879. The third kappa shape index (κ3) is 1.90. The molecule has 2 N–H and O–H groups in total. The van der Waals surface area contributed by atoms with E-state index in [1.165, 1.54) is 5.56 Å². The molecule has 3 heteroatoms. The SMILES string of the molecule is CCC(CC)c1nc2cc(C)cc(C)n2c1N. The fraction of sp³-hybridized carbons (Fsp3) is 0.500. The Bertz CT molecular complexity index is 536. The maximum Gasteiger partial charge on any atom is 0.139 e. The van der Waals surface area contributed by atoms with Crippen molar-refractivity contribution >= 4 is 11.5 Å². The largest absolute Gasteiger partial charge is 0.383 e. The number of nitrogens with zero attached hydrogens (tertiary/aromatic N) is 2. The van der Waals surface area contributed by atoms with Gasteiger partial charge in [0, 0.05) is 11.6 Å². The van der Waals surface area contributed by atoms with Gasteiger partial charge in [0.05, 0.1) is 5.69 Å². The Labute approximate surface area is 103 Å². The highest BCUT2D eigenvalue weighted by Crippen LogP contribution is 2.29. The van der Waals surface area contributed by atoms with Crippen LogP contribution in [-0.2, 0) is 0 Å². The lowest BCUT2D eigenvalue weighted by atomic mass is 10.00. The second kappa shape index (κ2) is 4.40. The van der Waals surface area contributed by atoms with Gasteiger partial charge in [0.25, 0.3) is 0 Å². The molecule has 0 aliphatic rings. The fourth-order valence-electron chi connectivity index (χ4n) is 2.55. The average Bonchev–Trinajstić information content (AvgIpc) is 2.58. The molecule has 0 aliphatic heterocycles. The highest BCUT2D eigenvalue weighted by atomic mass is 15.1. The van der Waals surface area contributed by atoms with E-state index in [-0.39, 0.29) is 0 Å². The molecule has 2 aromatic heterocycles. The van der Waals surface area contributed by atoms with Gasteiger partial charge in [-0.2, -0.15) is 0 Å². The first-order valence-corrected chi connectivity index (χ1v) is 6.33. The van der Waals surface area contributed by atoms with Crippen LogP contribution in [0.4, 0.5) is 5.82 Å². The monoisotopic (exact) mass is 231 g/mol. The van der Waals surface area contributed by atoms with Crippen LogP contribution in [0.2, 0.25) is 0 Å². The summed E-state index contributed by atoms with van der Waals surface area (Å²) in [4.78, 5) is 4.71. The van der Waals surface area contributed by atoms with Crippen LogP contribution in [0.3, 0.4) is 0 Å². The van der Waals surface area contributed by atoms with Gasteiger partial charge in [-0.25, -0.2) is 4.98 Å². The summed E-state index contributed by atoms with van der Waals surface area (Å²) in [5.41, 5.74) is 10.7. The number of pyridine rings is 1. The summed E-state index contributed by atoms with van der Waals surface area (Å²) in [6, 6.07) is 4.23. The van der Waals surface area contributed by atoms with Crippen LogP contribution < -0.4 is 5.73 Å². The highest BCUT2D eigenvalue weighted by Gasteiger charge is 2.17. The Balaban J connectivity index is 2.68. The summed E-state index contributed by atoms with van der Waals surface area (Å²) in [6.07, 6.45) is 2.17. The fourth-order valence-corrected chi connectivity index (χ4v) is 2.55. The van der Waals surface area contributed by atoms with Gasteiger partial charge < -0.3 is 5.73 Å². The summed E-state index contributed by atoms with van der Waals surface area (Å²) in [6.45, 7) is 8.55. The molecule has 0 aliphatic carbocycles. The van der Waals surface area contributed by atoms with Crippen molar-refractivity contribution in [3.8, 4) is 0 Å². The second-order valence-corrected chi connectivity index (χ2v) is 4.76. The molecule has 2 aromatic rings. The van der Waals surface area contributed by atoms with Crippen molar-refractivity contribution in [3.63, 3.8) is 0 Å². The normalized spacial score (nSPS) is 11.6. The van der Waals surface area contributed by atoms with Gasteiger partial charge in [-0.05, 0) is 44.4 Å². The molecule has 0 bridgehead atoms. The molecule has 17 heavy (non-hydrogen) atoms. The Morgan fingerprint density at radius 1 is 1.24 bits per heavy atom. The lowest BCUT2D eigenvalue weighted by Gasteiger charge is -2.10. The lowest BCUT2D eigenvalue weighted by molar-refractivity contribution is 0.629. The Morgan fingerprint density at radius 3 is 2.47 bits per heavy atom. The van der Waals surface area contributed by atoms with Crippen LogP contribution in [-0.4, -0.2) is 9.38 Å². The van der Waals surface area contributed by atoms with Crippen molar-refractivity contribution in [1.82, 2.24) is 9.38 Å². The molecule has 0 atom stereocenters. The van der Waals surface area contributed by atoms with Crippen LogP contribution >= 0.6 is 0 Å². The summed E-state index contributed by atoms with van der Waals surface area (Å²) >= 11 is 0. The Hall–Kier alpha value is -1.51. The van der Waals surface area contributed by atoms with Crippen LogP contribution in [0.1, 0.15) is 49.6 Å². The van der Waals surface area contributed by atoms with Gasteiger partial charge in [-0.15, -0.1) is 0 Å². The second-order valence-electron chi connectivity index (χ2n) is 4.76. The molecule has 0 saturated heterocycles. The van der Waals surface area contributed by atoms with Crippen LogP contribution in [0.15, 0.2) is 12.1 Å². The lowest BCUT2D eigenvalue weighted by Crippen LogP contribution is -2.03. The first-order chi connectivity index (χ1) is 8.08. The highest BCUT2D eigenvalue weighted by molar-refractivity contribution is 5.56. The van der Waals surface area contributed by atoms with Gasteiger partial charge in [-0.1, -0.05) is 13.8 Å². The number of imidazole rings is 1. The maximum atomic E-state index is 6.24. The van der Waals surface area contributed by atoms with E-state index in [1.807, 2.05) is 0 Å². The zero-order valence-electron chi connectivity index (χ0n) is 11.1. The van der Waals surface area contributed by atoms with Gasteiger partial charge in [0.15, 0.2) is 0 Å². The minimum absolute atomic E-state index is 0.467. The number of hydrogen-bond donors (Lipinski definition) is 1. The van der Waals surface area contributed by atoms with Crippen LogP contribution in [0.5, 0.6) is 0 Å². The molecule has 2 rings (SSSR count). The molecule has 3 nitrogen and oxygen atoms in total. The molecule has 0 fully saturated rings. The Morgan fingerprint density at radius 2 is 1.88 bits per heavy atom. The number of aryl methyl sites for hydroxylation is 2. The van der Waals surface area contributed by atoms with E-state index in [4.69, 9.17) is 10.7 Å². The third-order valence-electron chi connectivity index (χ3n) is 3.49. The number of anilines is 1. The number of aromatic nitrogens is 2. The molecule has 0 amide bonds. The average molecular weight is 231 g/mol. The van der Waals surface area contributed by atoms with E-state index < -0.39 is 0 Å². The van der Waals surface area contributed by atoms with Crippen molar-refractivity contribution in [2.24, 2.45) is 0 Å². The zero-order chi connectivity index (χ0) is 12.6. The number of hydrogen-bond acceptors (Lipinski definition) is 2. The van der Waals surface area contributed by atoms with E-state index in [0.29, 0.717) is 5.92 Å². The first-order valence-electron chi connectivity index (χ1n) is 6.33. The number of rotatable bonds is 3. The third-order valence-corrected chi connectivity index (χ3v) is 3.49. The van der Waals surface area contributed by atoms with Crippen molar-refractivity contribution in [2.75, 3.05) is 5.73 Å². The van der Waals surface area contributed by atoms with Gasteiger partial charge in [-0.3, -0.25) is 4.40 Å². The summed E-state index contributed by atoms with van der Waals surface area (Å²) < 4.78 is 2.06. The molecule has 0 radical (unpaired) electrons. The van der Waals surface area contributed by atoms with Crippen molar-refractivity contribution in [1.29, 1.82) is 0 Å². The number of fused-ring (bicyclic) bond motifs is 1. The molecule has 0 aromatic carbocycles. The first kappa shape index (κ1) is 12.0. The van der Waals surface area contributed by atoms with Crippen molar-refractivity contribution < 1.29 is 0 Å². The van der Waals surface area contributed by atoms with Crippen LogP contribution in [0.25, 0.3) is 5.65 Å². The predicted molar refractivity (Wildman–Crippen MR) is 72.4 cm³/mol. The predicted octanol–water partition coefficient (Wildman–Crippen LogP) is 3.44. The van der Waals surface area contributed by atoms with Gasteiger partial charge in [0.2, 0.25) is 0 Å². The van der Waals surface area contributed by atoms with E-state index in [1.54, 1.807) is 0 Å². The van der Waals surface area contributed by atoms with Crippen LogP contribution in [0, 0.1) is 13.8 Å². The summed E-state index contributed by atoms with van der Waals surface area (Å²) in [7, 11) is 0. The van der Waals surface area contributed by atoms with Crippen molar-refractivity contribution in [2.45, 2.75) is 46.5 Å². The number of nitrogen functional groups attached to an aromatic ring is 1. The molecule has 0 unspecified atom stereocenters. The zero-order valence-corrected chi connectivity index (χ0v) is 11.1. The number of nitrogens with two attached hydrogens (primary N) is 1. The summed E-state index contributed by atoms with van der Waals surface area (Å²) in [5, 5.41) is 0. The topological polar surface area (TPSA) is 43.3 Å². The van der Waals surface area contributed by atoms with E-state index in [0.717, 1.165) is 35.7 Å².